The number of halogens is 1. The molecule has 1 amide bonds. The van der Waals surface area contributed by atoms with Gasteiger partial charge in [0.1, 0.15) is 11.5 Å². The van der Waals surface area contributed by atoms with Crippen molar-refractivity contribution in [3.05, 3.63) is 40.9 Å². The molecule has 0 saturated carbocycles. The maximum atomic E-state index is 12.8. The van der Waals surface area contributed by atoms with Crippen LogP contribution in [0.5, 0.6) is 0 Å². The Labute approximate surface area is 129 Å². The Morgan fingerprint density at radius 1 is 1.43 bits per heavy atom. The number of carbonyl (C=O) groups excluding carboxylic acids is 1. The van der Waals surface area contributed by atoms with Crippen LogP contribution in [0.2, 0.25) is 0 Å². The van der Waals surface area contributed by atoms with Gasteiger partial charge in [-0.15, -0.1) is 0 Å². The predicted molar refractivity (Wildman–Crippen MR) is 77.9 cm³/mol. The van der Waals surface area contributed by atoms with Crippen LogP contribution in [-0.4, -0.2) is 35.2 Å². The van der Waals surface area contributed by atoms with Gasteiger partial charge in [0, 0.05) is 4.47 Å². The zero-order chi connectivity index (χ0) is 14.8. The van der Waals surface area contributed by atoms with Crippen molar-refractivity contribution in [2.75, 3.05) is 11.4 Å². The summed E-state index contributed by atoms with van der Waals surface area (Å²) in [6, 6.07) is 7.42. The SMILES string of the molecule is O=C(O)C1[C@H]2C=CC3(CN(c4ccccc4Br)C(=O)[C@@H]13)O2. The number of hydrogen-bond donors (Lipinski definition) is 1. The van der Waals surface area contributed by atoms with E-state index in [2.05, 4.69) is 15.9 Å². The molecule has 5 nitrogen and oxygen atoms in total. The Morgan fingerprint density at radius 3 is 2.90 bits per heavy atom. The highest BCUT2D eigenvalue weighted by Crippen LogP contribution is 2.53. The molecule has 1 N–H and O–H groups in total. The summed E-state index contributed by atoms with van der Waals surface area (Å²) in [5.74, 6) is -2.59. The largest absolute Gasteiger partial charge is 0.481 e. The lowest BCUT2D eigenvalue weighted by atomic mass is 9.77. The molecular formula is C15H12BrNO4. The molecule has 2 unspecified atom stereocenters. The molecule has 3 aliphatic heterocycles. The first kappa shape index (κ1) is 13.0. The summed E-state index contributed by atoms with van der Waals surface area (Å²) in [5.41, 5.74) is -0.0454. The lowest BCUT2D eigenvalue weighted by molar-refractivity contribution is -0.146. The third kappa shape index (κ3) is 1.60. The zero-order valence-electron chi connectivity index (χ0n) is 10.9. The number of benzene rings is 1. The molecule has 4 rings (SSSR count). The lowest BCUT2D eigenvalue weighted by Crippen LogP contribution is -2.39. The molecule has 3 aliphatic rings. The minimum absolute atomic E-state index is 0.179. The molecule has 108 valence electrons. The van der Waals surface area contributed by atoms with Gasteiger partial charge in [-0.05, 0) is 28.1 Å². The van der Waals surface area contributed by atoms with E-state index in [0.29, 0.717) is 6.54 Å². The van der Waals surface area contributed by atoms with Gasteiger partial charge in [0.05, 0.1) is 24.3 Å². The van der Waals surface area contributed by atoms with E-state index in [0.717, 1.165) is 10.2 Å². The van der Waals surface area contributed by atoms with Crippen LogP contribution >= 0.6 is 15.9 Å². The summed E-state index contributed by atoms with van der Waals surface area (Å²) < 4.78 is 6.66. The summed E-state index contributed by atoms with van der Waals surface area (Å²) in [4.78, 5) is 25.9. The van der Waals surface area contributed by atoms with Gasteiger partial charge in [-0.25, -0.2) is 0 Å². The van der Waals surface area contributed by atoms with Crippen LogP contribution in [-0.2, 0) is 14.3 Å². The van der Waals surface area contributed by atoms with Crippen molar-refractivity contribution >= 4 is 33.5 Å². The van der Waals surface area contributed by atoms with Crippen molar-refractivity contribution < 1.29 is 19.4 Å². The Kier molecular flexibility index (Phi) is 2.59. The molecule has 21 heavy (non-hydrogen) atoms. The van der Waals surface area contributed by atoms with Gasteiger partial charge in [-0.1, -0.05) is 24.3 Å². The average Bonchev–Trinajstić information content (AvgIpc) is 3.08. The van der Waals surface area contributed by atoms with E-state index in [1.807, 2.05) is 30.3 Å². The van der Waals surface area contributed by atoms with Gasteiger partial charge in [-0.3, -0.25) is 9.59 Å². The molecule has 2 fully saturated rings. The summed E-state index contributed by atoms with van der Waals surface area (Å²) in [6.07, 6.45) is 3.14. The van der Waals surface area contributed by atoms with Gasteiger partial charge in [0.2, 0.25) is 5.91 Å². The zero-order valence-corrected chi connectivity index (χ0v) is 12.5. The Hall–Kier alpha value is -1.66. The molecule has 1 aromatic carbocycles. The second-order valence-corrected chi connectivity index (χ2v) is 6.47. The fourth-order valence-corrected chi connectivity index (χ4v) is 4.15. The van der Waals surface area contributed by atoms with Crippen LogP contribution in [0.15, 0.2) is 40.9 Å². The number of para-hydroxylation sites is 1. The number of hydrogen-bond acceptors (Lipinski definition) is 3. The third-order valence-electron chi connectivity index (χ3n) is 4.53. The highest BCUT2D eigenvalue weighted by molar-refractivity contribution is 9.10. The van der Waals surface area contributed by atoms with Gasteiger partial charge in [0.15, 0.2) is 0 Å². The van der Waals surface area contributed by atoms with Crippen molar-refractivity contribution in [2.45, 2.75) is 11.7 Å². The van der Waals surface area contributed by atoms with Gasteiger partial charge in [-0.2, -0.15) is 0 Å². The van der Waals surface area contributed by atoms with E-state index in [4.69, 9.17) is 4.74 Å². The van der Waals surface area contributed by atoms with Crippen molar-refractivity contribution in [1.82, 2.24) is 0 Å². The third-order valence-corrected chi connectivity index (χ3v) is 5.20. The van der Waals surface area contributed by atoms with Crippen LogP contribution in [0.25, 0.3) is 0 Å². The van der Waals surface area contributed by atoms with Crippen molar-refractivity contribution in [1.29, 1.82) is 0 Å². The smallest absolute Gasteiger partial charge is 0.310 e. The van der Waals surface area contributed by atoms with Crippen LogP contribution in [0.3, 0.4) is 0 Å². The second-order valence-electron chi connectivity index (χ2n) is 5.61. The monoisotopic (exact) mass is 349 g/mol. The minimum Gasteiger partial charge on any atom is -0.481 e. The lowest BCUT2D eigenvalue weighted by Gasteiger charge is -2.22. The summed E-state index contributed by atoms with van der Waals surface area (Å²) >= 11 is 3.44. The number of rotatable bonds is 2. The molecular weight excluding hydrogens is 338 g/mol. The molecule has 2 saturated heterocycles. The van der Waals surface area contributed by atoms with Gasteiger partial charge >= 0.3 is 5.97 Å². The second kappa shape index (κ2) is 4.18. The topological polar surface area (TPSA) is 66.8 Å². The van der Waals surface area contributed by atoms with E-state index >= 15 is 0 Å². The number of anilines is 1. The standard InChI is InChI=1S/C15H12BrNO4/c16-8-3-1-2-4-9(8)17-7-15-6-5-10(21-15)11(14(19)20)12(15)13(17)18/h1-6,10-12H,7H2,(H,19,20)/t10-,11?,12-,15?/m1/s1. The van der Waals surface area contributed by atoms with Crippen LogP contribution in [0, 0.1) is 11.8 Å². The van der Waals surface area contributed by atoms with Gasteiger partial charge < -0.3 is 14.7 Å². The van der Waals surface area contributed by atoms with E-state index in [-0.39, 0.29) is 5.91 Å². The molecule has 4 atom stereocenters. The van der Waals surface area contributed by atoms with Crippen LogP contribution in [0.4, 0.5) is 5.69 Å². The molecule has 0 aliphatic carbocycles. The normalized spacial score (nSPS) is 36.3. The van der Waals surface area contributed by atoms with Crippen molar-refractivity contribution in [3.8, 4) is 0 Å². The number of nitrogens with zero attached hydrogens (tertiary/aromatic N) is 1. The molecule has 3 heterocycles. The van der Waals surface area contributed by atoms with E-state index < -0.39 is 29.5 Å². The van der Waals surface area contributed by atoms with Crippen molar-refractivity contribution in [3.63, 3.8) is 0 Å². The Morgan fingerprint density at radius 2 is 2.19 bits per heavy atom. The maximum absolute atomic E-state index is 12.8. The number of carboxylic acid groups (broad SMARTS) is 1. The van der Waals surface area contributed by atoms with Gasteiger partial charge in [0.25, 0.3) is 0 Å². The van der Waals surface area contributed by atoms with Crippen LogP contribution in [0.1, 0.15) is 0 Å². The minimum atomic E-state index is -0.974. The van der Waals surface area contributed by atoms with Crippen molar-refractivity contribution in [2.24, 2.45) is 11.8 Å². The van der Waals surface area contributed by atoms with E-state index in [9.17, 15) is 14.7 Å². The first-order valence-electron chi connectivity index (χ1n) is 6.69. The molecule has 2 bridgehead atoms. The first-order chi connectivity index (χ1) is 10.0. The van der Waals surface area contributed by atoms with E-state index in [1.54, 1.807) is 11.0 Å². The summed E-state index contributed by atoms with van der Waals surface area (Å²) in [6.45, 7) is 0.357. The van der Waals surface area contributed by atoms with Crippen LogP contribution < -0.4 is 4.90 Å². The fraction of sp³-hybridized carbons (Fsp3) is 0.333. The summed E-state index contributed by atoms with van der Waals surface area (Å²) in [5, 5.41) is 9.41. The highest BCUT2D eigenvalue weighted by Gasteiger charge is 2.67. The molecule has 1 aromatic rings. The first-order valence-corrected chi connectivity index (χ1v) is 7.49. The predicted octanol–water partition coefficient (Wildman–Crippen LogP) is 1.82. The Bertz CT molecular complexity index is 688. The molecule has 0 radical (unpaired) electrons. The average molecular weight is 350 g/mol. The highest BCUT2D eigenvalue weighted by atomic mass is 79.9. The number of fused-ring (bicyclic) bond motifs is 1. The van der Waals surface area contributed by atoms with E-state index in [1.165, 1.54) is 0 Å². The summed E-state index contributed by atoms with van der Waals surface area (Å²) in [7, 11) is 0. The maximum Gasteiger partial charge on any atom is 0.310 e. The molecule has 1 spiro atoms. The quantitative estimate of drug-likeness (QED) is 0.827. The Balaban J connectivity index is 1.78. The fourth-order valence-electron chi connectivity index (χ4n) is 3.65. The number of aliphatic carboxylic acids is 1. The number of carbonyl (C=O) groups is 2. The number of carboxylic acids is 1. The number of amides is 1. The number of ether oxygens (including phenoxy) is 1. The molecule has 6 heteroatoms. The molecule has 0 aromatic heterocycles.